The van der Waals surface area contributed by atoms with Gasteiger partial charge in [0, 0.05) is 0 Å². The summed E-state index contributed by atoms with van der Waals surface area (Å²) in [6, 6.07) is 9.34. The Hall–Kier alpha value is -1.68. The van der Waals surface area contributed by atoms with Crippen molar-refractivity contribution in [3.63, 3.8) is 0 Å². The van der Waals surface area contributed by atoms with Crippen LogP contribution >= 0.6 is 0 Å². The number of benzene rings is 1. The fraction of sp³-hybridized carbons (Fsp3) is 0.714. The van der Waals surface area contributed by atoms with Gasteiger partial charge in [-0.15, -0.1) is 0 Å². The normalized spacial score (nSPS) is 22.6. The summed E-state index contributed by atoms with van der Waals surface area (Å²) in [6.07, 6.45) is 0.993. The van der Waals surface area contributed by atoms with Crippen LogP contribution < -0.4 is 4.90 Å². The Morgan fingerprint density at radius 2 is 1.34 bits per heavy atom. The lowest BCUT2D eigenvalue weighted by molar-refractivity contribution is -0.136. The van der Waals surface area contributed by atoms with Crippen molar-refractivity contribution in [2.45, 2.75) is 94.8 Å². The summed E-state index contributed by atoms with van der Waals surface area (Å²) in [5.74, 6) is -0.884. The average Bonchev–Trinajstić information content (AvgIpc) is 2.90. The molecule has 0 aliphatic carbocycles. The van der Waals surface area contributed by atoms with Crippen molar-refractivity contribution in [2.24, 2.45) is 34.0 Å². The number of imide groups is 1. The topological polar surface area (TPSA) is 46.6 Å². The van der Waals surface area contributed by atoms with Crippen molar-refractivity contribution in [2.75, 3.05) is 4.90 Å². The van der Waals surface area contributed by atoms with Gasteiger partial charge in [0.25, 0.3) is 0 Å². The van der Waals surface area contributed by atoms with Crippen LogP contribution in [-0.4, -0.2) is 24.0 Å². The minimum absolute atomic E-state index is 0.000652. The van der Waals surface area contributed by atoms with Crippen LogP contribution in [0.25, 0.3) is 0 Å². The zero-order valence-electron chi connectivity index (χ0n) is 22.2. The largest absolute Gasteiger partial charge is 0.375 e. The molecule has 1 aromatic carbocycles. The Labute approximate surface area is 196 Å². The second kappa shape index (κ2) is 9.29. The lowest BCUT2D eigenvalue weighted by Gasteiger charge is -2.45. The zero-order chi connectivity index (χ0) is 24.6. The number of para-hydroxylation sites is 1. The summed E-state index contributed by atoms with van der Waals surface area (Å²) >= 11 is 0. The maximum atomic E-state index is 13.9. The van der Waals surface area contributed by atoms with Crippen LogP contribution in [0.5, 0.6) is 0 Å². The summed E-state index contributed by atoms with van der Waals surface area (Å²) in [7, 11) is 0. The SMILES string of the molecule is CC(C)OC(CC(C)(C)C)C(C)C(C)(C)C1C(=O)N(c2ccccc2)C(=O)C1C(C)(C)C. The van der Waals surface area contributed by atoms with E-state index in [1.807, 2.05) is 30.3 Å². The molecule has 1 aliphatic rings. The highest BCUT2D eigenvalue weighted by molar-refractivity contribution is 6.22. The van der Waals surface area contributed by atoms with Crippen LogP contribution in [0.4, 0.5) is 5.69 Å². The Morgan fingerprint density at radius 1 is 0.844 bits per heavy atom. The number of carbonyl (C=O) groups is 2. The number of hydrogen-bond acceptors (Lipinski definition) is 3. The van der Waals surface area contributed by atoms with Crippen molar-refractivity contribution in [3.05, 3.63) is 30.3 Å². The van der Waals surface area contributed by atoms with E-state index in [9.17, 15) is 9.59 Å². The molecule has 0 saturated carbocycles. The molecule has 1 fully saturated rings. The van der Waals surface area contributed by atoms with Gasteiger partial charge >= 0.3 is 0 Å². The van der Waals surface area contributed by atoms with E-state index >= 15 is 0 Å². The predicted molar refractivity (Wildman–Crippen MR) is 132 cm³/mol. The molecule has 0 N–H and O–H groups in total. The van der Waals surface area contributed by atoms with Gasteiger partial charge in [-0.2, -0.15) is 0 Å². The highest BCUT2D eigenvalue weighted by atomic mass is 16.5. The van der Waals surface area contributed by atoms with Gasteiger partial charge in [0.2, 0.25) is 11.8 Å². The molecule has 0 spiro atoms. The minimum atomic E-state index is -0.432. The lowest BCUT2D eigenvalue weighted by atomic mass is 9.59. The van der Waals surface area contributed by atoms with Crippen LogP contribution in [0.2, 0.25) is 0 Å². The number of anilines is 1. The Morgan fingerprint density at radius 3 is 1.78 bits per heavy atom. The first-order valence-corrected chi connectivity index (χ1v) is 12.1. The molecular weight excluding hydrogens is 398 g/mol. The average molecular weight is 444 g/mol. The fourth-order valence-electron chi connectivity index (χ4n) is 5.18. The maximum Gasteiger partial charge on any atom is 0.238 e. The maximum absolute atomic E-state index is 13.9. The molecule has 0 radical (unpaired) electrons. The first kappa shape index (κ1) is 26.6. The first-order valence-electron chi connectivity index (χ1n) is 12.1. The number of rotatable bonds is 7. The van der Waals surface area contributed by atoms with Gasteiger partial charge in [0.05, 0.1) is 29.7 Å². The van der Waals surface area contributed by atoms with Gasteiger partial charge in [0.1, 0.15) is 0 Å². The molecule has 2 amide bonds. The molecule has 1 aliphatic heterocycles. The number of hydrogen-bond donors (Lipinski definition) is 0. The molecule has 4 atom stereocenters. The number of carbonyl (C=O) groups excluding carboxylic acids is 2. The van der Waals surface area contributed by atoms with Crippen molar-refractivity contribution in [3.8, 4) is 0 Å². The molecule has 1 aromatic rings. The summed E-state index contributed by atoms with van der Waals surface area (Å²) in [4.78, 5) is 29.0. The van der Waals surface area contributed by atoms with E-state index in [2.05, 4.69) is 76.2 Å². The van der Waals surface area contributed by atoms with E-state index < -0.39 is 11.3 Å². The molecule has 1 heterocycles. The number of nitrogens with zero attached hydrogens (tertiary/aromatic N) is 1. The van der Waals surface area contributed by atoms with E-state index in [1.54, 1.807) is 0 Å². The zero-order valence-corrected chi connectivity index (χ0v) is 22.2. The van der Waals surface area contributed by atoms with Crippen LogP contribution in [0, 0.1) is 34.0 Å². The summed E-state index contributed by atoms with van der Waals surface area (Å²) in [5, 5.41) is 0. The molecular formula is C28H45NO3. The second-order valence-corrected chi connectivity index (χ2v) is 12.8. The summed E-state index contributed by atoms with van der Waals surface area (Å²) in [5.41, 5.74) is -0.0127. The van der Waals surface area contributed by atoms with E-state index in [1.165, 1.54) is 4.90 Å². The Kier molecular flexibility index (Phi) is 7.71. The molecule has 0 bridgehead atoms. The quantitative estimate of drug-likeness (QED) is 0.439. The van der Waals surface area contributed by atoms with Crippen LogP contribution in [0.1, 0.15) is 82.6 Å². The van der Waals surface area contributed by atoms with E-state index in [-0.39, 0.29) is 46.7 Å². The van der Waals surface area contributed by atoms with Crippen molar-refractivity contribution < 1.29 is 14.3 Å². The molecule has 4 heteroatoms. The molecule has 2 rings (SSSR count). The highest BCUT2D eigenvalue weighted by Gasteiger charge is 2.59. The standard InChI is InChI=1S/C28H45NO3/c1-18(2)32-21(17-26(4,5)6)19(3)28(10,11)23-22(27(7,8)9)24(30)29(25(23)31)20-15-13-12-14-16-20/h12-16,18-19,21-23H,17H2,1-11H3. The predicted octanol–water partition coefficient (Wildman–Crippen LogP) is 6.73. The lowest BCUT2D eigenvalue weighted by Crippen LogP contribution is -2.47. The third-order valence-corrected chi connectivity index (χ3v) is 7.05. The first-order chi connectivity index (χ1) is 14.5. The summed E-state index contributed by atoms with van der Waals surface area (Å²) in [6.45, 7) is 23.5. The third kappa shape index (κ3) is 5.62. The monoisotopic (exact) mass is 443 g/mol. The van der Waals surface area contributed by atoms with Crippen molar-refractivity contribution >= 4 is 17.5 Å². The molecule has 4 unspecified atom stereocenters. The van der Waals surface area contributed by atoms with Gasteiger partial charge in [-0.3, -0.25) is 14.5 Å². The molecule has 32 heavy (non-hydrogen) atoms. The number of ether oxygens (including phenoxy) is 1. The molecule has 1 saturated heterocycles. The Bertz CT molecular complexity index is 798. The van der Waals surface area contributed by atoms with Crippen LogP contribution in [-0.2, 0) is 14.3 Å². The molecule has 180 valence electrons. The van der Waals surface area contributed by atoms with E-state index in [0.29, 0.717) is 5.69 Å². The smallest absolute Gasteiger partial charge is 0.238 e. The van der Waals surface area contributed by atoms with Gasteiger partial charge in [-0.05, 0) is 54.6 Å². The minimum Gasteiger partial charge on any atom is -0.375 e. The highest BCUT2D eigenvalue weighted by Crippen LogP contribution is 2.52. The molecule has 4 nitrogen and oxygen atoms in total. The van der Waals surface area contributed by atoms with Gasteiger partial charge in [-0.1, -0.05) is 80.5 Å². The van der Waals surface area contributed by atoms with Crippen molar-refractivity contribution in [1.29, 1.82) is 0 Å². The Balaban J connectivity index is 2.53. The number of amides is 2. The van der Waals surface area contributed by atoms with Gasteiger partial charge < -0.3 is 4.74 Å². The fourth-order valence-corrected chi connectivity index (χ4v) is 5.18. The second-order valence-electron chi connectivity index (χ2n) is 12.8. The van der Waals surface area contributed by atoms with E-state index in [0.717, 1.165) is 6.42 Å². The summed E-state index contributed by atoms with van der Waals surface area (Å²) < 4.78 is 6.42. The van der Waals surface area contributed by atoms with Crippen molar-refractivity contribution in [1.82, 2.24) is 0 Å². The molecule has 0 aromatic heterocycles. The third-order valence-electron chi connectivity index (χ3n) is 7.05. The van der Waals surface area contributed by atoms with Gasteiger partial charge in [-0.25, -0.2) is 0 Å². The van der Waals surface area contributed by atoms with E-state index in [4.69, 9.17) is 4.74 Å². The van der Waals surface area contributed by atoms with Gasteiger partial charge in [0.15, 0.2) is 0 Å². The van der Waals surface area contributed by atoms with Crippen LogP contribution in [0.15, 0.2) is 30.3 Å². The van der Waals surface area contributed by atoms with Crippen LogP contribution in [0.3, 0.4) is 0 Å².